The summed E-state index contributed by atoms with van der Waals surface area (Å²) in [5.41, 5.74) is 0.282. The molecule has 1 saturated heterocycles. The van der Waals surface area contributed by atoms with Crippen molar-refractivity contribution in [1.82, 2.24) is 5.32 Å². The highest BCUT2D eigenvalue weighted by Crippen LogP contribution is 2.30. The number of hydrogen-bond acceptors (Lipinski definition) is 4. The Bertz CT molecular complexity index is 433. The zero-order valence-electron chi connectivity index (χ0n) is 9.52. The van der Waals surface area contributed by atoms with E-state index in [9.17, 15) is 14.5 Å². The predicted octanol–water partition coefficient (Wildman–Crippen LogP) is 1.53. The van der Waals surface area contributed by atoms with Crippen LogP contribution >= 0.6 is 0 Å². The fourth-order valence-corrected chi connectivity index (χ4v) is 2.10. The second-order valence-corrected chi connectivity index (χ2v) is 4.15. The molecule has 92 valence electrons. The van der Waals surface area contributed by atoms with Gasteiger partial charge in [0, 0.05) is 31.8 Å². The summed E-state index contributed by atoms with van der Waals surface area (Å²) in [6, 6.07) is 3.72. The summed E-state index contributed by atoms with van der Waals surface area (Å²) in [5.74, 6) is -0.455. The van der Waals surface area contributed by atoms with E-state index in [0.29, 0.717) is 5.69 Å². The lowest BCUT2D eigenvalue weighted by molar-refractivity contribution is -0.384. The minimum atomic E-state index is -0.479. The Labute approximate surface area is 98.4 Å². The summed E-state index contributed by atoms with van der Waals surface area (Å²) < 4.78 is 13.2. The van der Waals surface area contributed by atoms with Gasteiger partial charge in [-0.1, -0.05) is 0 Å². The Morgan fingerprint density at radius 1 is 1.59 bits per heavy atom. The summed E-state index contributed by atoms with van der Waals surface area (Å²) >= 11 is 0. The van der Waals surface area contributed by atoms with E-state index in [1.54, 1.807) is 11.9 Å². The van der Waals surface area contributed by atoms with E-state index in [4.69, 9.17) is 0 Å². The number of anilines is 1. The average Bonchev–Trinajstić information content (AvgIpc) is 2.80. The van der Waals surface area contributed by atoms with Crippen molar-refractivity contribution in [2.24, 2.45) is 0 Å². The van der Waals surface area contributed by atoms with Gasteiger partial charge in [0.2, 0.25) is 0 Å². The number of likely N-dealkylation sites (N-methyl/N-ethyl adjacent to an activating group) is 1. The third kappa shape index (κ3) is 2.36. The van der Waals surface area contributed by atoms with Crippen molar-refractivity contribution < 1.29 is 9.31 Å². The lowest BCUT2D eigenvalue weighted by atomic mass is 10.2. The Kier molecular flexibility index (Phi) is 3.23. The molecule has 0 aromatic heterocycles. The van der Waals surface area contributed by atoms with Gasteiger partial charge >= 0.3 is 0 Å². The van der Waals surface area contributed by atoms with Gasteiger partial charge in [0.15, 0.2) is 0 Å². The van der Waals surface area contributed by atoms with Gasteiger partial charge in [0.1, 0.15) is 11.5 Å². The van der Waals surface area contributed by atoms with Gasteiger partial charge in [-0.05, 0) is 19.0 Å². The molecule has 1 heterocycles. The van der Waals surface area contributed by atoms with Crippen molar-refractivity contribution >= 4 is 11.4 Å². The number of nitrogens with one attached hydrogen (secondary N) is 1. The highest BCUT2D eigenvalue weighted by Gasteiger charge is 2.25. The third-order valence-electron chi connectivity index (χ3n) is 3.10. The maximum atomic E-state index is 13.2. The maximum Gasteiger partial charge on any atom is 0.292 e. The second kappa shape index (κ2) is 4.67. The van der Waals surface area contributed by atoms with Crippen LogP contribution in [0.25, 0.3) is 0 Å². The van der Waals surface area contributed by atoms with Crippen LogP contribution in [0.4, 0.5) is 15.8 Å². The van der Waals surface area contributed by atoms with Crippen LogP contribution in [0.5, 0.6) is 0 Å². The predicted molar refractivity (Wildman–Crippen MR) is 62.7 cm³/mol. The molecule has 0 spiro atoms. The zero-order valence-corrected chi connectivity index (χ0v) is 9.52. The second-order valence-electron chi connectivity index (χ2n) is 4.15. The molecule has 2 rings (SSSR count). The standard InChI is InChI=1S/C11H14FN3O2/c1-14(9-4-5-13-7-9)11-6-8(12)2-3-10(11)15(16)17/h2-3,6,9,13H,4-5,7H2,1H3. The molecule has 1 aromatic rings. The molecule has 0 bridgehead atoms. The van der Waals surface area contributed by atoms with Crippen LogP contribution < -0.4 is 10.2 Å². The number of benzene rings is 1. The first-order valence-electron chi connectivity index (χ1n) is 5.47. The first-order chi connectivity index (χ1) is 8.09. The lowest BCUT2D eigenvalue weighted by Crippen LogP contribution is -2.33. The third-order valence-corrected chi connectivity index (χ3v) is 3.10. The number of halogens is 1. The van der Waals surface area contributed by atoms with Crippen molar-refractivity contribution in [2.45, 2.75) is 12.5 Å². The van der Waals surface area contributed by atoms with Gasteiger partial charge in [-0.25, -0.2) is 4.39 Å². The van der Waals surface area contributed by atoms with E-state index in [1.807, 2.05) is 0 Å². The fourth-order valence-electron chi connectivity index (χ4n) is 2.10. The number of nitro groups is 1. The van der Waals surface area contributed by atoms with Crippen LogP contribution in [0.1, 0.15) is 6.42 Å². The van der Waals surface area contributed by atoms with Crippen molar-refractivity contribution in [3.8, 4) is 0 Å². The van der Waals surface area contributed by atoms with Crippen LogP contribution in [-0.2, 0) is 0 Å². The molecular formula is C11H14FN3O2. The Balaban J connectivity index is 2.34. The first kappa shape index (κ1) is 11.8. The van der Waals surface area contributed by atoms with Crippen LogP contribution in [0, 0.1) is 15.9 Å². The highest BCUT2D eigenvalue weighted by molar-refractivity contribution is 5.63. The molecule has 6 heteroatoms. The van der Waals surface area contributed by atoms with Gasteiger partial charge in [-0.15, -0.1) is 0 Å². The Hall–Kier alpha value is -1.69. The summed E-state index contributed by atoms with van der Waals surface area (Å²) in [6.45, 7) is 1.66. The van der Waals surface area contributed by atoms with Crippen LogP contribution in [0.2, 0.25) is 0 Å². The highest BCUT2D eigenvalue weighted by atomic mass is 19.1. The molecule has 1 N–H and O–H groups in total. The summed E-state index contributed by atoms with van der Waals surface area (Å²) in [5, 5.41) is 14.1. The quantitative estimate of drug-likeness (QED) is 0.642. The largest absolute Gasteiger partial charge is 0.365 e. The molecule has 0 saturated carbocycles. The van der Waals surface area contributed by atoms with Gasteiger partial charge in [0.25, 0.3) is 5.69 Å². The number of nitrogens with zero attached hydrogens (tertiary/aromatic N) is 2. The van der Waals surface area contributed by atoms with Crippen molar-refractivity contribution in [3.63, 3.8) is 0 Å². The van der Waals surface area contributed by atoms with Crippen molar-refractivity contribution in [3.05, 3.63) is 34.1 Å². The molecule has 0 aliphatic carbocycles. The van der Waals surface area contributed by atoms with Gasteiger partial charge in [0.05, 0.1) is 4.92 Å². The summed E-state index contributed by atoms with van der Waals surface area (Å²) in [7, 11) is 1.76. The maximum absolute atomic E-state index is 13.2. The van der Waals surface area contributed by atoms with Crippen LogP contribution in [0.15, 0.2) is 18.2 Å². The SMILES string of the molecule is CN(c1cc(F)ccc1[N+](=O)[O-])C1CCNC1. The minimum Gasteiger partial charge on any atom is -0.365 e. The number of hydrogen-bond donors (Lipinski definition) is 1. The number of nitro benzene ring substituents is 1. The topological polar surface area (TPSA) is 58.4 Å². The Morgan fingerprint density at radius 2 is 2.35 bits per heavy atom. The minimum absolute atomic E-state index is 0.0548. The average molecular weight is 239 g/mol. The monoisotopic (exact) mass is 239 g/mol. The zero-order chi connectivity index (χ0) is 12.4. The van der Waals surface area contributed by atoms with Crippen molar-refractivity contribution in [2.75, 3.05) is 25.0 Å². The molecule has 0 radical (unpaired) electrons. The van der Waals surface area contributed by atoms with E-state index in [2.05, 4.69) is 5.32 Å². The molecule has 0 amide bonds. The van der Waals surface area contributed by atoms with E-state index in [-0.39, 0.29) is 11.7 Å². The van der Waals surface area contributed by atoms with E-state index < -0.39 is 10.7 Å². The normalized spacial score (nSPS) is 19.3. The lowest BCUT2D eigenvalue weighted by Gasteiger charge is -2.25. The van der Waals surface area contributed by atoms with E-state index >= 15 is 0 Å². The number of rotatable bonds is 3. The van der Waals surface area contributed by atoms with Crippen LogP contribution in [0.3, 0.4) is 0 Å². The van der Waals surface area contributed by atoms with E-state index in [1.165, 1.54) is 12.1 Å². The molecular weight excluding hydrogens is 225 g/mol. The molecule has 1 aromatic carbocycles. The Morgan fingerprint density at radius 3 is 2.94 bits per heavy atom. The summed E-state index contributed by atoms with van der Waals surface area (Å²) in [6.07, 6.45) is 0.907. The fraction of sp³-hybridized carbons (Fsp3) is 0.455. The van der Waals surface area contributed by atoms with Crippen LogP contribution in [-0.4, -0.2) is 31.1 Å². The van der Waals surface area contributed by atoms with Gasteiger partial charge in [-0.3, -0.25) is 10.1 Å². The van der Waals surface area contributed by atoms with E-state index in [0.717, 1.165) is 25.6 Å². The molecule has 1 atom stereocenters. The smallest absolute Gasteiger partial charge is 0.292 e. The molecule has 5 nitrogen and oxygen atoms in total. The first-order valence-corrected chi connectivity index (χ1v) is 5.47. The summed E-state index contributed by atoms with van der Waals surface area (Å²) in [4.78, 5) is 12.2. The molecule has 17 heavy (non-hydrogen) atoms. The molecule has 1 fully saturated rings. The molecule has 1 aliphatic heterocycles. The molecule has 1 unspecified atom stereocenters. The van der Waals surface area contributed by atoms with Gasteiger partial charge < -0.3 is 10.2 Å². The van der Waals surface area contributed by atoms with Crippen molar-refractivity contribution in [1.29, 1.82) is 0 Å². The molecule has 1 aliphatic rings. The van der Waals surface area contributed by atoms with Gasteiger partial charge in [-0.2, -0.15) is 0 Å².